The molecule has 0 spiro atoms. The molecule has 9 nitrogen and oxygen atoms in total. The first-order chi connectivity index (χ1) is 12.5. The van der Waals surface area contributed by atoms with E-state index in [-0.39, 0.29) is 34.6 Å². The van der Waals surface area contributed by atoms with Crippen LogP contribution in [0.15, 0.2) is 30.3 Å². The average molecular weight is 374 g/mol. The molecule has 1 aromatic carbocycles. The number of nitrogens with zero attached hydrogens (tertiary/aromatic N) is 4. The molecule has 3 atom stereocenters. The molecule has 2 amide bonds. The smallest absolute Gasteiger partial charge is 0.258 e. The Morgan fingerprint density at radius 1 is 1.38 bits per heavy atom. The summed E-state index contributed by atoms with van der Waals surface area (Å²) in [7, 11) is 0. The first kappa shape index (κ1) is 16.8. The molecule has 1 aromatic heterocycles. The highest BCUT2D eigenvalue weighted by Crippen LogP contribution is 2.56. The molecule has 4 rings (SSSR count). The number of tetrazole rings is 1. The number of fused-ring (bicyclic) bond motifs is 1. The van der Waals surface area contributed by atoms with Gasteiger partial charge in [-0.3, -0.25) is 9.59 Å². The van der Waals surface area contributed by atoms with Crippen LogP contribution in [0.2, 0.25) is 0 Å². The molecule has 0 saturated carbocycles. The molecule has 0 bridgehead atoms. The van der Waals surface area contributed by atoms with Crippen LogP contribution in [0.4, 0.5) is 0 Å². The summed E-state index contributed by atoms with van der Waals surface area (Å²) in [5.41, 5.74) is 0. The van der Waals surface area contributed by atoms with Gasteiger partial charge in [-0.05, 0) is 26.0 Å². The summed E-state index contributed by atoms with van der Waals surface area (Å²) in [6.45, 7) is 3.92. The minimum Gasteiger partial charge on any atom is -0.484 e. The number of amides is 2. The Kier molecular flexibility index (Phi) is 4.06. The van der Waals surface area contributed by atoms with Crippen molar-refractivity contribution in [2.24, 2.45) is 0 Å². The Balaban J connectivity index is 1.40. The monoisotopic (exact) mass is 374 g/mol. The maximum atomic E-state index is 12.6. The van der Waals surface area contributed by atoms with Gasteiger partial charge >= 0.3 is 0 Å². The highest BCUT2D eigenvalue weighted by molar-refractivity contribution is 8.01. The number of aromatic nitrogens is 4. The van der Waals surface area contributed by atoms with Gasteiger partial charge in [0, 0.05) is 4.75 Å². The zero-order chi connectivity index (χ0) is 18.3. The number of thioether (sulfide) groups is 1. The third-order valence-electron chi connectivity index (χ3n) is 4.48. The van der Waals surface area contributed by atoms with Crippen LogP contribution in [0.3, 0.4) is 0 Å². The van der Waals surface area contributed by atoms with Crippen molar-refractivity contribution in [3.05, 3.63) is 36.2 Å². The van der Waals surface area contributed by atoms with Gasteiger partial charge in [-0.25, -0.2) is 0 Å². The van der Waals surface area contributed by atoms with E-state index >= 15 is 0 Å². The Labute approximate surface area is 153 Å². The van der Waals surface area contributed by atoms with Crippen LogP contribution in [0, 0.1) is 0 Å². The van der Waals surface area contributed by atoms with Gasteiger partial charge in [0.15, 0.2) is 12.4 Å². The van der Waals surface area contributed by atoms with Gasteiger partial charge in [0.1, 0.15) is 23.2 Å². The SMILES string of the molecule is CC1(C)SC2C(NC(=O)COc3ccccc3)C(=O)N2C1c1nn[nH]n1. The molecule has 136 valence electrons. The van der Waals surface area contributed by atoms with Crippen LogP contribution >= 0.6 is 11.8 Å². The van der Waals surface area contributed by atoms with Crippen molar-refractivity contribution in [1.29, 1.82) is 0 Å². The number of aromatic amines is 1. The Hall–Kier alpha value is -2.62. The number of carbonyl (C=O) groups excluding carboxylic acids is 2. The fourth-order valence-electron chi connectivity index (χ4n) is 3.33. The molecule has 26 heavy (non-hydrogen) atoms. The van der Waals surface area contributed by atoms with Gasteiger partial charge in [0.05, 0.1) is 0 Å². The molecule has 3 unspecified atom stereocenters. The second kappa shape index (κ2) is 6.27. The number of carbonyl (C=O) groups is 2. The molecule has 2 saturated heterocycles. The molecule has 2 aromatic rings. The lowest BCUT2D eigenvalue weighted by Crippen LogP contribution is -2.68. The summed E-state index contributed by atoms with van der Waals surface area (Å²) in [6.07, 6.45) is 0. The number of benzene rings is 1. The number of nitrogens with one attached hydrogen (secondary N) is 2. The Morgan fingerprint density at radius 3 is 2.85 bits per heavy atom. The number of H-pyrrole nitrogens is 1. The third kappa shape index (κ3) is 2.79. The van der Waals surface area contributed by atoms with Crippen molar-refractivity contribution >= 4 is 23.6 Å². The van der Waals surface area contributed by atoms with Crippen LogP contribution in [-0.4, -0.2) is 60.1 Å². The van der Waals surface area contributed by atoms with Crippen molar-refractivity contribution in [2.75, 3.05) is 6.61 Å². The van der Waals surface area contributed by atoms with Gasteiger partial charge in [0.25, 0.3) is 5.91 Å². The zero-order valence-corrected chi connectivity index (χ0v) is 15.1. The van der Waals surface area contributed by atoms with Crippen LogP contribution in [0.5, 0.6) is 5.75 Å². The topological polar surface area (TPSA) is 113 Å². The predicted octanol–water partition coefficient (Wildman–Crippen LogP) is 0.498. The highest BCUT2D eigenvalue weighted by atomic mass is 32.2. The maximum Gasteiger partial charge on any atom is 0.258 e. The number of para-hydroxylation sites is 1. The van der Waals surface area contributed by atoms with Gasteiger partial charge in [-0.15, -0.1) is 22.0 Å². The first-order valence-corrected chi connectivity index (χ1v) is 9.06. The molecule has 2 N–H and O–H groups in total. The number of hydrogen-bond acceptors (Lipinski definition) is 7. The third-order valence-corrected chi connectivity index (χ3v) is 6.05. The second-order valence-corrected chi connectivity index (χ2v) is 8.45. The fraction of sp³-hybridized carbons (Fsp3) is 0.438. The molecule has 0 radical (unpaired) electrons. The van der Waals surface area contributed by atoms with Crippen molar-refractivity contribution in [2.45, 2.75) is 36.1 Å². The van der Waals surface area contributed by atoms with Crippen molar-refractivity contribution in [1.82, 2.24) is 30.8 Å². The highest BCUT2D eigenvalue weighted by Gasteiger charge is 2.63. The van der Waals surface area contributed by atoms with E-state index in [0.29, 0.717) is 11.6 Å². The normalized spacial score (nSPS) is 26.2. The average Bonchev–Trinajstić information content (AvgIpc) is 3.23. The molecule has 2 aliphatic heterocycles. The quantitative estimate of drug-likeness (QED) is 0.733. The van der Waals surface area contributed by atoms with E-state index in [1.807, 2.05) is 32.0 Å². The van der Waals surface area contributed by atoms with Crippen LogP contribution in [-0.2, 0) is 9.59 Å². The van der Waals surface area contributed by atoms with E-state index < -0.39 is 6.04 Å². The second-order valence-electron chi connectivity index (χ2n) is 6.68. The van der Waals surface area contributed by atoms with Crippen LogP contribution in [0.25, 0.3) is 0 Å². The molecule has 2 fully saturated rings. The first-order valence-electron chi connectivity index (χ1n) is 8.18. The van der Waals surface area contributed by atoms with Crippen molar-refractivity contribution < 1.29 is 14.3 Å². The van der Waals surface area contributed by atoms with Gasteiger partial charge < -0.3 is 15.0 Å². The molecule has 0 aliphatic carbocycles. The van der Waals surface area contributed by atoms with Gasteiger partial charge in [0.2, 0.25) is 5.91 Å². The summed E-state index contributed by atoms with van der Waals surface area (Å²) >= 11 is 1.62. The maximum absolute atomic E-state index is 12.6. The van der Waals surface area contributed by atoms with E-state index in [4.69, 9.17) is 4.74 Å². The summed E-state index contributed by atoms with van der Waals surface area (Å²) in [4.78, 5) is 26.5. The largest absolute Gasteiger partial charge is 0.484 e. The van der Waals surface area contributed by atoms with E-state index in [1.54, 1.807) is 28.8 Å². The fourth-order valence-corrected chi connectivity index (χ4v) is 4.96. The van der Waals surface area contributed by atoms with Crippen LogP contribution in [0.1, 0.15) is 25.7 Å². The molecule has 2 aliphatic rings. The lowest BCUT2D eigenvalue weighted by Gasteiger charge is -2.43. The van der Waals surface area contributed by atoms with E-state index in [0.717, 1.165) is 0 Å². The van der Waals surface area contributed by atoms with E-state index in [1.165, 1.54) is 0 Å². The van der Waals surface area contributed by atoms with E-state index in [9.17, 15) is 9.59 Å². The number of ether oxygens (including phenoxy) is 1. The summed E-state index contributed by atoms with van der Waals surface area (Å²) in [6, 6.07) is 8.22. The standard InChI is InChI=1S/C16H18N6O3S/c1-16(2)12(13-18-20-21-19-13)22-14(24)11(15(22)26-16)17-10(23)8-25-9-6-4-3-5-7-9/h3-7,11-12,15H,8H2,1-2H3,(H,17,23)(H,18,19,20,21). The number of β-lactam (4-membered cyclic amide) rings is 1. The van der Waals surface area contributed by atoms with E-state index in [2.05, 4.69) is 25.9 Å². The minimum absolute atomic E-state index is 0.136. The number of hydrogen-bond donors (Lipinski definition) is 2. The lowest BCUT2D eigenvalue weighted by molar-refractivity contribution is -0.152. The molecule has 10 heteroatoms. The van der Waals surface area contributed by atoms with Crippen molar-refractivity contribution in [3.8, 4) is 5.75 Å². The Bertz CT molecular complexity index is 813. The minimum atomic E-state index is -0.567. The van der Waals surface area contributed by atoms with Crippen molar-refractivity contribution in [3.63, 3.8) is 0 Å². The summed E-state index contributed by atoms with van der Waals surface area (Å²) in [5, 5.41) is 16.7. The number of rotatable bonds is 5. The summed E-state index contributed by atoms with van der Waals surface area (Å²) < 4.78 is 5.14. The van der Waals surface area contributed by atoms with Crippen LogP contribution < -0.4 is 10.1 Å². The molecular weight excluding hydrogens is 356 g/mol. The predicted molar refractivity (Wildman–Crippen MR) is 93.1 cm³/mol. The van der Waals surface area contributed by atoms with Gasteiger partial charge in [-0.1, -0.05) is 23.4 Å². The lowest BCUT2D eigenvalue weighted by atomic mass is 9.95. The molecule has 3 heterocycles. The summed E-state index contributed by atoms with van der Waals surface area (Å²) in [5.74, 6) is 0.623. The Morgan fingerprint density at radius 2 is 2.15 bits per heavy atom. The van der Waals surface area contributed by atoms with Gasteiger partial charge in [-0.2, -0.15) is 5.21 Å². The zero-order valence-electron chi connectivity index (χ0n) is 14.2. The molecular formula is C16H18N6O3S.